The van der Waals surface area contributed by atoms with Crippen LogP contribution in [0, 0.1) is 34.0 Å². The van der Waals surface area contributed by atoms with Crippen molar-refractivity contribution in [2.24, 2.45) is 11.3 Å². The zero-order valence-electron chi connectivity index (χ0n) is 16.3. The molecular formula is C19H21N7O2S. The molecule has 1 aromatic heterocycles. The average Bonchev–Trinajstić information content (AvgIpc) is 2.72. The molecule has 0 radical (unpaired) electrons. The third-order valence-electron chi connectivity index (χ3n) is 5.14. The number of hydrogen-bond acceptors (Lipinski definition) is 8. The van der Waals surface area contributed by atoms with E-state index in [2.05, 4.69) is 21.4 Å². The lowest BCUT2D eigenvalue weighted by Crippen LogP contribution is -2.50. The maximum atomic E-state index is 12.6. The largest absolute Gasteiger partial charge is 0.338 e. The van der Waals surface area contributed by atoms with Crippen LogP contribution in [0.3, 0.4) is 0 Å². The van der Waals surface area contributed by atoms with Crippen molar-refractivity contribution < 1.29 is 9.59 Å². The highest BCUT2D eigenvalue weighted by atomic mass is 32.2. The highest BCUT2D eigenvalue weighted by molar-refractivity contribution is 8.03. The van der Waals surface area contributed by atoms with Gasteiger partial charge in [0.15, 0.2) is 0 Å². The minimum Gasteiger partial charge on any atom is -0.338 e. The van der Waals surface area contributed by atoms with Gasteiger partial charge in [0.2, 0.25) is 17.8 Å². The summed E-state index contributed by atoms with van der Waals surface area (Å²) in [7, 11) is 0. The van der Waals surface area contributed by atoms with Crippen LogP contribution in [-0.4, -0.2) is 58.6 Å². The zero-order chi connectivity index (χ0) is 21.0. The fourth-order valence-corrected chi connectivity index (χ4v) is 4.45. The maximum Gasteiger partial charge on any atom is 0.243 e. The molecule has 0 saturated carbocycles. The molecule has 0 unspecified atom stereocenters. The van der Waals surface area contributed by atoms with Gasteiger partial charge in [0.1, 0.15) is 5.92 Å². The summed E-state index contributed by atoms with van der Waals surface area (Å²) in [6, 6.07) is 5.83. The third kappa shape index (κ3) is 4.17. The molecule has 1 saturated heterocycles. The summed E-state index contributed by atoms with van der Waals surface area (Å²) in [6.07, 6.45) is 3.38. The Kier molecular flexibility index (Phi) is 6.04. The molecule has 3 rings (SSSR count). The van der Waals surface area contributed by atoms with E-state index < -0.39 is 17.2 Å². The normalized spacial score (nSPS) is 21.2. The number of carbonyl (C=O) groups excluding carboxylic acids is 2. The summed E-state index contributed by atoms with van der Waals surface area (Å²) >= 11 is 1.13. The summed E-state index contributed by atoms with van der Waals surface area (Å²) in [6.45, 7) is 5.78. The zero-order valence-corrected chi connectivity index (χ0v) is 17.1. The van der Waals surface area contributed by atoms with Gasteiger partial charge in [-0.3, -0.25) is 9.59 Å². The molecule has 2 aliphatic heterocycles. The van der Waals surface area contributed by atoms with Crippen LogP contribution in [0.1, 0.15) is 13.8 Å². The number of hydrogen-bond donors (Lipinski definition) is 1. The van der Waals surface area contributed by atoms with Crippen molar-refractivity contribution in [2.75, 3.05) is 36.8 Å². The monoisotopic (exact) mass is 411 g/mol. The first-order chi connectivity index (χ1) is 13.9. The molecule has 150 valence electrons. The Hall–Kier alpha value is -3.11. The van der Waals surface area contributed by atoms with Gasteiger partial charge in [-0.25, -0.2) is 9.97 Å². The van der Waals surface area contributed by atoms with Crippen LogP contribution in [0.15, 0.2) is 29.1 Å². The first-order valence-corrected chi connectivity index (χ1v) is 10.1. The molecule has 1 fully saturated rings. The lowest BCUT2D eigenvalue weighted by molar-refractivity contribution is -0.129. The highest BCUT2D eigenvalue weighted by Crippen LogP contribution is 2.41. The lowest BCUT2D eigenvalue weighted by Gasteiger charge is -2.36. The van der Waals surface area contributed by atoms with Crippen molar-refractivity contribution >= 4 is 29.5 Å². The van der Waals surface area contributed by atoms with Gasteiger partial charge in [-0.2, -0.15) is 10.5 Å². The van der Waals surface area contributed by atoms with Crippen molar-refractivity contribution in [1.82, 2.24) is 20.2 Å². The number of piperazine rings is 1. The van der Waals surface area contributed by atoms with Crippen LogP contribution in [-0.2, 0) is 9.59 Å². The molecule has 0 aliphatic carbocycles. The quantitative estimate of drug-likeness (QED) is 0.774. The minimum atomic E-state index is -0.939. The van der Waals surface area contributed by atoms with Crippen LogP contribution < -0.4 is 10.2 Å². The number of carbonyl (C=O) groups is 2. The second-order valence-electron chi connectivity index (χ2n) is 7.29. The first-order valence-electron chi connectivity index (χ1n) is 9.16. The van der Waals surface area contributed by atoms with Crippen molar-refractivity contribution in [2.45, 2.75) is 13.8 Å². The van der Waals surface area contributed by atoms with E-state index in [-0.39, 0.29) is 11.7 Å². The standard InChI is InChI=1S/C19H21N7O2S/c1-19(2)13(10-20)16(28)24-17(14(19)11-21)29-12-15(27)25-6-8-26(9-7-25)18-22-4-3-5-23-18/h3-5,13H,6-9,12H2,1-2H3,(H,24,28)/t13-/m1/s1. The van der Waals surface area contributed by atoms with Crippen LogP contribution >= 0.6 is 11.8 Å². The molecule has 0 spiro atoms. The molecule has 1 aromatic rings. The minimum absolute atomic E-state index is 0.0668. The first kappa shape index (κ1) is 20.6. The molecule has 0 bridgehead atoms. The number of allylic oxidation sites excluding steroid dienone is 1. The Balaban J connectivity index is 1.61. The van der Waals surface area contributed by atoms with E-state index in [1.807, 2.05) is 11.0 Å². The summed E-state index contributed by atoms with van der Waals surface area (Å²) in [4.78, 5) is 37.1. The molecule has 1 N–H and O–H groups in total. The van der Waals surface area contributed by atoms with Crippen LogP contribution in [0.2, 0.25) is 0 Å². The van der Waals surface area contributed by atoms with E-state index in [0.29, 0.717) is 42.7 Å². The second-order valence-corrected chi connectivity index (χ2v) is 8.28. The fourth-order valence-electron chi connectivity index (χ4n) is 3.37. The molecule has 1 atom stereocenters. The lowest BCUT2D eigenvalue weighted by atomic mass is 9.72. The maximum absolute atomic E-state index is 12.6. The fraction of sp³-hybridized carbons (Fsp3) is 0.474. The molecule has 2 aliphatic rings. The molecule has 3 heterocycles. The van der Waals surface area contributed by atoms with Gasteiger partial charge < -0.3 is 15.1 Å². The van der Waals surface area contributed by atoms with Gasteiger partial charge in [-0.15, -0.1) is 0 Å². The Morgan fingerprint density at radius 1 is 1.28 bits per heavy atom. The SMILES string of the molecule is CC1(C)C(C#N)=C(SCC(=O)N2CCN(c3ncccn3)CC2)NC(=O)[C@H]1C#N. The number of rotatable bonds is 4. The Morgan fingerprint density at radius 3 is 2.52 bits per heavy atom. The van der Waals surface area contributed by atoms with Crippen molar-refractivity contribution in [3.8, 4) is 12.1 Å². The number of aromatic nitrogens is 2. The molecule has 10 heteroatoms. The summed E-state index contributed by atoms with van der Waals surface area (Å²) in [5.74, 6) is -0.691. The van der Waals surface area contributed by atoms with E-state index in [1.54, 1.807) is 37.2 Å². The second kappa shape index (κ2) is 8.50. The molecule has 0 aromatic carbocycles. The third-order valence-corrected chi connectivity index (χ3v) is 6.13. The number of amides is 2. The summed E-state index contributed by atoms with van der Waals surface area (Å²) in [5.41, 5.74) is -0.578. The Bertz CT molecular complexity index is 909. The summed E-state index contributed by atoms with van der Waals surface area (Å²) < 4.78 is 0. The van der Waals surface area contributed by atoms with Gasteiger partial charge >= 0.3 is 0 Å². The van der Waals surface area contributed by atoms with Crippen LogP contribution in [0.25, 0.3) is 0 Å². The van der Waals surface area contributed by atoms with E-state index in [4.69, 9.17) is 0 Å². The highest BCUT2D eigenvalue weighted by Gasteiger charge is 2.44. The predicted molar refractivity (Wildman–Crippen MR) is 107 cm³/mol. The van der Waals surface area contributed by atoms with Gasteiger partial charge in [-0.1, -0.05) is 25.6 Å². The van der Waals surface area contributed by atoms with Gasteiger partial charge in [0, 0.05) is 44.0 Å². The average molecular weight is 411 g/mol. The van der Waals surface area contributed by atoms with Crippen LogP contribution in [0.5, 0.6) is 0 Å². The van der Waals surface area contributed by atoms with Crippen molar-refractivity contribution in [3.63, 3.8) is 0 Å². The van der Waals surface area contributed by atoms with Crippen molar-refractivity contribution in [1.29, 1.82) is 10.5 Å². The molecule has 2 amide bonds. The van der Waals surface area contributed by atoms with E-state index in [1.165, 1.54) is 0 Å². The predicted octanol–water partition coefficient (Wildman–Crippen LogP) is 0.889. The number of thioether (sulfide) groups is 1. The van der Waals surface area contributed by atoms with E-state index >= 15 is 0 Å². The van der Waals surface area contributed by atoms with Crippen molar-refractivity contribution in [3.05, 3.63) is 29.1 Å². The Labute approximate surface area is 173 Å². The number of nitrogens with zero attached hydrogens (tertiary/aromatic N) is 6. The van der Waals surface area contributed by atoms with Gasteiger partial charge in [0.25, 0.3) is 0 Å². The summed E-state index contributed by atoms with van der Waals surface area (Å²) in [5, 5.41) is 21.8. The Morgan fingerprint density at radius 2 is 1.93 bits per heavy atom. The van der Waals surface area contributed by atoms with E-state index in [0.717, 1.165) is 11.8 Å². The van der Waals surface area contributed by atoms with Gasteiger partial charge in [0.05, 0.1) is 28.5 Å². The van der Waals surface area contributed by atoms with E-state index in [9.17, 15) is 20.1 Å². The molecule has 9 nitrogen and oxygen atoms in total. The van der Waals surface area contributed by atoms with Crippen LogP contribution in [0.4, 0.5) is 5.95 Å². The number of nitriles is 2. The number of nitrogens with one attached hydrogen (secondary N) is 1. The molecular weight excluding hydrogens is 390 g/mol. The smallest absolute Gasteiger partial charge is 0.243 e. The van der Waals surface area contributed by atoms with Gasteiger partial charge in [-0.05, 0) is 6.07 Å². The number of anilines is 1. The molecule has 29 heavy (non-hydrogen) atoms. The topological polar surface area (TPSA) is 126 Å².